The molecule has 0 radical (unpaired) electrons. The third-order valence-electron chi connectivity index (χ3n) is 5.24. The second kappa shape index (κ2) is 9.72. The van der Waals surface area contributed by atoms with Crippen molar-refractivity contribution in [1.82, 2.24) is 15.6 Å². The first-order valence-electron chi connectivity index (χ1n) is 10.1. The van der Waals surface area contributed by atoms with Crippen molar-refractivity contribution in [3.63, 3.8) is 0 Å². The highest BCUT2D eigenvalue weighted by molar-refractivity contribution is 6.31. The highest BCUT2D eigenvalue weighted by Crippen LogP contribution is 2.35. The van der Waals surface area contributed by atoms with Gasteiger partial charge in [0.25, 0.3) is 0 Å². The monoisotopic (exact) mass is 456 g/mol. The van der Waals surface area contributed by atoms with E-state index in [4.69, 9.17) is 11.6 Å². The molecule has 3 rings (SSSR count). The maximum absolute atomic E-state index is 13.3. The zero-order chi connectivity index (χ0) is 22.6. The van der Waals surface area contributed by atoms with E-state index in [1.807, 2.05) is 0 Å². The van der Waals surface area contributed by atoms with Gasteiger partial charge in [0.05, 0.1) is 5.52 Å². The van der Waals surface area contributed by atoms with Crippen LogP contribution >= 0.6 is 11.6 Å². The summed E-state index contributed by atoms with van der Waals surface area (Å²) in [5.41, 5.74) is -0.380. The van der Waals surface area contributed by atoms with Crippen molar-refractivity contribution in [1.29, 1.82) is 0 Å². The molecule has 2 amide bonds. The van der Waals surface area contributed by atoms with Crippen LogP contribution in [0.4, 0.5) is 18.9 Å². The maximum atomic E-state index is 13.3. The molecule has 1 saturated carbocycles. The highest BCUT2D eigenvalue weighted by atomic mass is 35.5. The molecular formula is C21H24ClF3N4O2. The van der Waals surface area contributed by atoms with Crippen LogP contribution in [0.3, 0.4) is 0 Å². The SMILES string of the molecule is CC(=O)NCCC(=O)NC1CCC(Nc2cc(C(F)(F)F)nc3ccc(Cl)cc23)CC1. The standard InChI is InChI=1S/C21H24ClF3N4O2/c1-12(30)26-9-8-20(31)28-15-5-3-14(4-6-15)27-18-11-19(21(23,24)25)29-17-7-2-13(22)10-16(17)18/h2,7,10-11,14-15H,3-6,8-9H2,1H3,(H,26,30)(H,27,29)(H,28,31). The summed E-state index contributed by atoms with van der Waals surface area (Å²) in [4.78, 5) is 26.5. The van der Waals surface area contributed by atoms with Crippen LogP contribution in [0.15, 0.2) is 24.3 Å². The third-order valence-corrected chi connectivity index (χ3v) is 5.47. The molecule has 1 fully saturated rings. The van der Waals surface area contributed by atoms with Gasteiger partial charge in [0.2, 0.25) is 11.8 Å². The first-order valence-corrected chi connectivity index (χ1v) is 10.5. The van der Waals surface area contributed by atoms with Crippen LogP contribution in [0, 0.1) is 0 Å². The number of pyridine rings is 1. The van der Waals surface area contributed by atoms with E-state index in [0.29, 0.717) is 41.8 Å². The predicted octanol–water partition coefficient (Wildman–Crippen LogP) is 4.27. The summed E-state index contributed by atoms with van der Waals surface area (Å²) in [6.45, 7) is 1.68. The van der Waals surface area contributed by atoms with E-state index in [-0.39, 0.29) is 42.4 Å². The number of alkyl halides is 3. The number of amides is 2. The average molecular weight is 457 g/mol. The normalized spacial score (nSPS) is 19.1. The molecule has 1 aromatic heterocycles. The number of hydrogen-bond acceptors (Lipinski definition) is 4. The quantitative estimate of drug-likeness (QED) is 0.606. The molecule has 1 aliphatic carbocycles. The number of aromatic nitrogens is 1. The zero-order valence-corrected chi connectivity index (χ0v) is 17.7. The lowest BCUT2D eigenvalue weighted by atomic mass is 9.90. The number of carbonyl (C=O) groups excluding carboxylic acids is 2. The Morgan fingerprint density at radius 1 is 1.13 bits per heavy atom. The van der Waals surface area contributed by atoms with Crippen molar-refractivity contribution < 1.29 is 22.8 Å². The van der Waals surface area contributed by atoms with Crippen LogP contribution in [-0.4, -0.2) is 35.4 Å². The number of fused-ring (bicyclic) bond motifs is 1. The number of hydrogen-bond donors (Lipinski definition) is 3. The topological polar surface area (TPSA) is 83.1 Å². The summed E-state index contributed by atoms with van der Waals surface area (Å²) in [6, 6.07) is 5.60. The number of nitrogens with zero attached hydrogens (tertiary/aromatic N) is 1. The Morgan fingerprint density at radius 3 is 2.45 bits per heavy atom. The Hall–Kier alpha value is -2.55. The van der Waals surface area contributed by atoms with Crippen LogP contribution < -0.4 is 16.0 Å². The molecule has 168 valence electrons. The van der Waals surface area contributed by atoms with Gasteiger partial charge in [0.1, 0.15) is 5.69 Å². The van der Waals surface area contributed by atoms with Crippen LogP contribution in [0.5, 0.6) is 0 Å². The molecular weight excluding hydrogens is 433 g/mol. The molecule has 0 spiro atoms. The van der Waals surface area contributed by atoms with Gasteiger partial charge in [-0.2, -0.15) is 13.2 Å². The number of anilines is 1. The molecule has 0 unspecified atom stereocenters. The van der Waals surface area contributed by atoms with Crippen molar-refractivity contribution in [2.75, 3.05) is 11.9 Å². The van der Waals surface area contributed by atoms with Crippen molar-refractivity contribution in [3.05, 3.63) is 35.0 Å². The predicted molar refractivity (Wildman–Crippen MR) is 113 cm³/mol. The molecule has 0 aliphatic heterocycles. The third kappa shape index (κ3) is 6.46. The molecule has 31 heavy (non-hydrogen) atoms. The Balaban J connectivity index is 1.63. The fourth-order valence-electron chi connectivity index (χ4n) is 3.72. The van der Waals surface area contributed by atoms with Gasteiger partial charge in [-0.25, -0.2) is 4.98 Å². The fourth-order valence-corrected chi connectivity index (χ4v) is 3.89. The second-order valence-corrected chi connectivity index (χ2v) is 8.14. The molecule has 0 atom stereocenters. The van der Waals surface area contributed by atoms with Crippen molar-refractivity contribution in [2.45, 2.75) is 57.3 Å². The van der Waals surface area contributed by atoms with Gasteiger partial charge in [-0.15, -0.1) is 0 Å². The molecule has 0 saturated heterocycles. The van der Waals surface area contributed by atoms with E-state index in [1.165, 1.54) is 19.1 Å². The lowest BCUT2D eigenvalue weighted by Gasteiger charge is -2.30. The molecule has 0 bridgehead atoms. The summed E-state index contributed by atoms with van der Waals surface area (Å²) < 4.78 is 39.8. The first-order chi connectivity index (χ1) is 14.6. The lowest BCUT2D eigenvalue weighted by Crippen LogP contribution is -2.41. The van der Waals surface area contributed by atoms with Gasteiger partial charge in [0, 0.05) is 48.1 Å². The molecule has 6 nitrogen and oxygen atoms in total. The van der Waals surface area contributed by atoms with Crippen LogP contribution in [-0.2, 0) is 15.8 Å². The number of rotatable bonds is 6. The van der Waals surface area contributed by atoms with Gasteiger partial charge in [-0.3, -0.25) is 9.59 Å². The van der Waals surface area contributed by atoms with Crippen molar-refractivity contribution >= 4 is 40.0 Å². The van der Waals surface area contributed by atoms with Gasteiger partial charge in [-0.05, 0) is 49.9 Å². The minimum absolute atomic E-state index is 0.0113. The summed E-state index contributed by atoms with van der Waals surface area (Å²) in [7, 11) is 0. The number of nitrogens with one attached hydrogen (secondary N) is 3. The summed E-state index contributed by atoms with van der Waals surface area (Å²) in [6.07, 6.45) is -1.53. The Labute approximate surface area is 182 Å². The Morgan fingerprint density at radius 2 is 1.81 bits per heavy atom. The Kier molecular flexibility index (Phi) is 7.25. The zero-order valence-electron chi connectivity index (χ0n) is 17.0. The number of benzene rings is 1. The van der Waals surface area contributed by atoms with E-state index in [2.05, 4.69) is 20.9 Å². The van der Waals surface area contributed by atoms with Crippen LogP contribution in [0.25, 0.3) is 10.9 Å². The van der Waals surface area contributed by atoms with E-state index >= 15 is 0 Å². The van der Waals surface area contributed by atoms with Gasteiger partial charge in [0.15, 0.2) is 0 Å². The summed E-state index contributed by atoms with van der Waals surface area (Å²) >= 11 is 6.04. The molecule has 3 N–H and O–H groups in total. The van der Waals surface area contributed by atoms with Gasteiger partial charge in [-0.1, -0.05) is 11.6 Å². The second-order valence-electron chi connectivity index (χ2n) is 7.71. The highest BCUT2D eigenvalue weighted by Gasteiger charge is 2.34. The van der Waals surface area contributed by atoms with Gasteiger partial charge >= 0.3 is 6.18 Å². The first kappa shape index (κ1) is 23.1. The van der Waals surface area contributed by atoms with Crippen molar-refractivity contribution in [2.24, 2.45) is 0 Å². The number of halogens is 4. The van der Waals surface area contributed by atoms with Crippen molar-refractivity contribution in [3.8, 4) is 0 Å². The van der Waals surface area contributed by atoms with E-state index in [0.717, 1.165) is 6.07 Å². The Bertz CT molecular complexity index is 960. The van der Waals surface area contributed by atoms with Crippen LogP contribution in [0.1, 0.15) is 44.7 Å². The van der Waals surface area contributed by atoms with Crippen LogP contribution in [0.2, 0.25) is 5.02 Å². The fraction of sp³-hybridized carbons (Fsp3) is 0.476. The lowest BCUT2D eigenvalue weighted by molar-refractivity contribution is -0.141. The minimum atomic E-state index is -4.55. The molecule has 10 heteroatoms. The molecule has 2 aromatic rings. The average Bonchev–Trinajstić information content (AvgIpc) is 2.68. The summed E-state index contributed by atoms with van der Waals surface area (Å²) in [5.74, 6) is -0.312. The number of carbonyl (C=O) groups is 2. The van der Waals surface area contributed by atoms with Gasteiger partial charge < -0.3 is 16.0 Å². The largest absolute Gasteiger partial charge is 0.433 e. The van der Waals surface area contributed by atoms with E-state index in [9.17, 15) is 22.8 Å². The molecule has 1 aliphatic rings. The summed E-state index contributed by atoms with van der Waals surface area (Å²) in [5, 5.41) is 9.71. The van der Waals surface area contributed by atoms with E-state index in [1.54, 1.807) is 6.07 Å². The molecule has 1 aromatic carbocycles. The van der Waals surface area contributed by atoms with E-state index < -0.39 is 11.9 Å². The molecule has 1 heterocycles. The smallest absolute Gasteiger partial charge is 0.382 e. The maximum Gasteiger partial charge on any atom is 0.433 e. The minimum Gasteiger partial charge on any atom is -0.382 e.